The number of ether oxygens (including phenoxy) is 2. The van der Waals surface area contributed by atoms with E-state index in [1.165, 1.54) is 6.26 Å². The Labute approximate surface area is 119 Å². The molecule has 0 amide bonds. The van der Waals surface area contributed by atoms with Crippen molar-refractivity contribution in [3.63, 3.8) is 0 Å². The Bertz CT molecular complexity index is 599. The Balaban J connectivity index is 1.70. The molecule has 1 aromatic carbocycles. The maximum absolute atomic E-state index is 11.8. The Morgan fingerprint density at radius 1 is 1.30 bits per heavy atom. The molecule has 2 atom stereocenters. The molecule has 3 rings (SSSR count). The van der Waals surface area contributed by atoms with E-state index < -0.39 is 9.84 Å². The molecule has 1 aliphatic heterocycles. The first-order valence-electron chi connectivity index (χ1n) is 6.85. The Hall–Kier alpha value is -1.27. The van der Waals surface area contributed by atoms with Crippen molar-refractivity contribution in [3.05, 3.63) is 23.8 Å². The van der Waals surface area contributed by atoms with Gasteiger partial charge >= 0.3 is 0 Å². The van der Waals surface area contributed by atoms with E-state index in [1.54, 1.807) is 0 Å². The fourth-order valence-electron chi connectivity index (χ4n) is 3.04. The summed E-state index contributed by atoms with van der Waals surface area (Å²) in [5, 5.41) is 3.10. The van der Waals surface area contributed by atoms with Crippen molar-refractivity contribution in [1.29, 1.82) is 0 Å². The van der Waals surface area contributed by atoms with E-state index in [9.17, 15) is 8.42 Å². The summed E-state index contributed by atoms with van der Waals surface area (Å²) < 4.78 is 34.3. The zero-order valence-electron chi connectivity index (χ0n) is 11.5. The number of rotatable bonds is 4. The van der Waals surface area contributed by atoms with Gasteiger partial charge in [-0.2, -0.15) is 0 Å². The van der Waals surface area contributed by atoms with Gasteiger partial charge in [0.05, 0.1) is 5.25 Å². The summed E-state index contributed by atoms with van der Waals surface area (Å²) in [5.41, 5.74) is 1.01. The van der Waals surface area contributed by atoms with Crippen molar-refractivity contribution in [2.24, 2.45) is 0 Å². The van der Waals surface area contributed by atoms with Gasteiger partial charge in [0.15, 0.2) is 21.3 Å². The molecule has 2 unspecified atom stereocenters. The lowest BCUT2D eigenvalue weighted by Crippen LogP contribution is -2.39. The smallest absolute Gasteiger partial charge is 0.231 e. The van der Waals surface area contributed by atoms with E-state index in [1.807, 2.05) is 18.2 Å². The van der Waals surface area contributed by atoms with E-state index in [0.29, 0.717) is 6.54 Å². The third kappa shape index (κ3) is 2.62. The minimum absolute atomic E-state index is 0.0307. The minimum Gasteiger partial charge on any atom is -0.454 e. The number of fused-ring (bicyclic) bond motifs is 1. The van der Waals surface area contributed by atoms with Crippen LogP contribution in [0.15, 0.2) is 18.2 Å². The predicted octanol–water partition coefficient (Wildman–Crippen LogP) is 1.47. The van der Waals surface area contributed by atoms with Crippen molar-refractivity contribution in [3.8, 4) is 11.5 Å². The van der Waals surface area contributed by atoms with Gasteiger partial charge in [-0.25, -0.2) is 8.42 Å². The predicted molar refractivity (Wildman–Crippen MR) is 75.7 cm³/mol. The molecule has 0 aromatic heterocycles. The van der Waals surface area contributed by atoms with Gasteiger partial charge in [0, 0.05) is 24.4 Å². The molecule has 110 valence electrons. The van der Waals surface area contributed by atoms with Crippen LogP contribution < -0.4 is 14.8 Å². The maximum Gasteiger partial charge on any atom is 0.231 e. The first kappa shape index (κ1) is 13.7. The van der Waals surface area contributed by atoms with Gasteiger partial charge in [0.2, 0.25) is 6.79 Å². The Morgan fingerprint density at radius 2 is 2.15 bits per heavy atom. The summed E-state index contributed by atoms with van der Waals surface area (Å²) in [6, 6.07) is 5.81. The number of nitrogens with one attached hydrogen (secondary N) is 1. The van der Waals surface area contributed by atoms with Crippen LogP contribution in [0.5, 0.6) is 11.5 Å². The standard InChI is InChI=1S/C14H19NO4S/c1-20(16,17)13-7-3-5-11(13)15-8-10-4-2-6-12-14(10)19-9-18-12/h2,4,6,11,13,15H,3,5,7-9H2,1H3. The van der Waals surface area contributed by atoms with Crippen LogP contribution >= 0.6 is 0 Å². The van der Waals surface area contributed by atoms with E-state index in [2.05, 4.69) is 5.32 Å². The minimum atomic E-state index is -2.99. The topological polar surface area (TPSA) is 64.6 Å². The molecule has 2 aliphatic rings. The van der Waals surface area contributed by atoms with Crippen LogP contribution in [0, 0.1) is 0 Å². The van der Waals surface area contributed by atoms with Gasteiger partial charge in [-0.1, -0.05) is 18.6 Å². The first-order valence-corrected chi connectivity index (χ1v) is 8.81. The molecular formula is C14H19NO4S. The zero-order chi connectivity index (χ0) is 14.2. The third-order valence-electron chi connectivity index (χ3n) is 4.04. The molecule has 0 radical (unpaired) electrons. The molecule has 1 fully saturated rings. The fraction of sp³-hybridized carbons (Fsp3) is 0.571. The molecule has 5 nitrogen and oxygen atoms in total. The summed E-state index contributed by atoms with van der Waals surface area (Å²) >= 11 is 0. The maximum atomic E-state index is 11.8. The Kier molecular flexibility index (Phi) is 3.60. The van der Waals surface area contributed by atoms with Crippen LogP contribution in [-0.2, 0) is 16.4 Å². The summed E-state index contributed by atoms with van der Waals surface area (Å²) in [6.45, 7) is 0.852. The molecule has 1 saturated carbocycles. The van der Waals surface area contributed by atoms with Crippen LogP contribution in [-0.4, -0.2) is 32.8 Å². The molecule has 1 aromatic rings. The van der Waals surface area contributed by atoms with Gasteiger partial charge in [-0.05, 0) is 18.9 Å². The molecule has 1 heterocycles. The van der Waals surface area contributed by atoms with Crippen LogP contribution in [0.2, 0.25) is 0 Å². The molecule has 0 bridgehead atoms. The van der Waals surface area contributed by atoms with E-state index in [4.69, 9.17) is 9.47 Å². The monoisotopic (exact) mass is 297 g/mol. The van der Waals surface area contributed by atoms with Crippen LogP contribution in [0.25, 0.3) is 0 Å². The van der Waals surface area contributed by atoms with E-state index in [0.717, 1.165) is 36.3 Å². The lowest BCUT2D eigenvalue weighted by Gasteiger charge is -2.20. The summed E-state index contributed by atoms with van der Waals surface area (Å²) in [7, 11) is -2.99. The van der Waals surface area contributed by atoms with Gasteiger partial charge < -0.3 is 14.8 Å². The third-order valence-corrected chi connectivity index (χ3v) is 5.70. The normalized spacial score (nSPS) is 25.1. The van der Waals surface area contributed by atoms with Gasteiger partial charge in [0.1, 0.15) is 0 Å². The van der Waals surface area contributed by atoms with Gasteiger partial charge in [0.25, 0.3) is 0 Å². The number of para-hydroxylation sites is 1. The fourth-order valence-corrected chi connectivity index (χ4v) is 4.47. The summed E-state index contributed by atoms with van der Waals surface area (Å²) in [4.78, 5) is 0. The molecule has 6 heteroatoms. The summed E-state index contributed by atoms with van der Waals surface area (Å²) in [6.07, 6.45) is 3.95. The van der Waals surface area contributed by atoms with Crippen LogP contribution in [0.1, 0.15) is 24.8 Å². The second-order valence-electron chi connectivity index (χ2n) is 5.44. The highest BCUT2D eigenvalue weighted by Gasteiger charge is 2.34. The highest BCUT2D eigenvalue weighted by Crippen LogP contribution is 2.35. The first-order chi connectivity index (χ1) is 9.55. The summed E-state index contributed by atoms with van der Waals surface area (Å²) in [5.74, 6) is 1.53. The van der Waals surface area contributed by atoms with Crippen LogP contribution in [0.3, 0.4) is 0 Å². The largest absolute Gasteiger partial charge is 0.454 e. The second-order valence-corrected chi connectivity index (χ2v) is 7.70. The van der Waals surface area contributed by atoms with Crippen LogP contribution in [0.4, 0.5) is 0 Å². The molecule has 20 heavy (non-hydrogen) atoms. The molecule has 1 N–H and O–H groups in total. The second kappa shape index (κ2) is 5.26. The lowest BCUT2D eigenvalue weighted by molar-refractivity contribution is 0.173. The van der Waals surface area contributed by atoms with E-state index in [-0.39, 0.29) is 18.1 Å². The number of sulfone groups is 1. The van der Waals surface area contributed by atoms with Gasteiger partial charge in [-0.15, -0.1) is 0 Å². The Morgan fingerprint density at radius 3 is 2.95 bits per heavy atom. The van der Waals surface area contributed by atoms with E-state index >= 15 is 0 Å². The van der Waals surface area contributed by atoms with Crippen molar-refractivity contribution < 1.29 is 17.9 Å². The number of hydrogen-bond acceptors (Lipinski definition) is 5. The van der Waals surface area contributed by atoms with Gasteiger partial charge in [-0.3, -0.25) is 0 Å². The average Bonchev–Trinajstić information content (AvgIpc) is 3.04. The molecule has 1 aliphatic carbocycles. The molecule has 0 saturated heterocycles. The quantitative estimate of drug-likeness (QED) is 0.912. The molecular weight excluding hydrogens is 278 g/mol. The zero-order valence-corrected chi connectivity index (χ0v) is 12.3. The van der Waals surface area contributed by atoms with Crippen molar-refractivity contribution in [1.82, 2.24) is 5.32 Å². The van der Waals surface area contributed by atoms with Crippen molar-refractivity contribution in [2.75, 3.05) is 13.0 Å². The number of benzene rings is 1. The highest BCUT2D eigenvalue weighted by molar-refractivity contribution is 7.91. The molecule has 0 spiro atoms. The average molecular weight is 297 g/mol. The number of hydrogen-bond donors (Lipinski definition) is 1. The van der Waals surface area contributed by atoms with Crippen molar-refractivity contribution in [2.45, 2.75) is 37.1 Å². The lowest BCUT2D eigenvalue weighted by atomic mass is 10.1. The highest BCUT2D eigenvalue weighted by atomic mass is 32.2. The van der Waals surface area contributed by atoms with Crippen molar-refractivity contribution >= 4 is 9.84 Å². The SMILES string of the molecule is CS(=O)(=O)C1CCCC1NCc1cccc2c1OCO2.